The molecular formula is C126H198O23. The molecule has 0 aromatic heterocycles. The summed E-state index contributed by atoms with van der Waals surface area (Å²) in [5, 5.41) is 11.9. The Balaban J connectivity index is 0.000000301. The molecule has 5 aromatic carbocycles. The van der Waals surface area contributed by atoms with E-state index >= 15 is 0 Å². The van der Waals surface area contributed by atoms with Crippen LogP contribution < -0.4 is 18.9 Å². The van der Waals surface area contributed by atoms with Crippen LogP contribution in [0.2, 0.25) is 0 Å². The molecule has 14 atom stereocenters. The van der Waals surface area contributed by atoms with Gasteiger partial charge in [-0.15, -0.1) is 0 Å². The van der Waals surface area contributed by atoms with E-state index in [2.05, 4.69) is 79.7 Å². The number of carbonyl (C=O) groups is 8. The van der Waals surface area contributed by atoms with Crippen LogP contribution in [0.4, 0.5) is 0 Å². The Kier molecular flexibility index (Phi) is 58.5. The molecule has 840 valence electrons. The lowest BCUT2D eigenvalue weighted by Gasteiger charge is -2.38. The Labute approximate surface area is 898 Å². The minimum Gasteiger partial charge on any atom is -0.491 e. The summed E-state index contributed by atoms with van der Waals surface area (Å²) < 4.78 is 75.8. The van der Waals surface area contributed by atoms with Gasteiger partial charge in [-0.2, -0.15) is 0 Å². The normalized spacial score (nSPS) is 21.5. The Morgan fingerprint density at radius 3 is 1.42 bits per heavy atom. The molecule has 1 heterocycles. The van der Waals surface area contributed by atoms with Crippen molar-refractivity contribution in [2.75, 3.05) is 79.5 Å². The molecule has 5 saturated carbocycles. The molecule has 6 aliphatic carbocycles. The van der Waals surface area contributed by atoms with Crippen molar-refractivity contribution in [3.8, 4) is 23.0 Å². The van der Waals surface area contributed by atoms with Gasteiger partial charge >= 0.3 is 47.8 Å². The van der Waals surface area contributed by atoms with Gasteiger partial charge < -0.3 is 71.4 Å². The number of ether oxygens (including phenoxy) is 14. The van der Waals surface area contributed by atoms with Crippen LogP contribution in [0.5, 0.6) is 23.0 Å². The fourth-order valence-corrected chi connectivity index (χ4v) is 18.8. The van der Waals surface area contributed by atoms with Crippen molar-refractivity contribution in [1.29, 1.82) is 0 Å². The number of allylic oxidation sites excluding steroid dienone is 2. The van der Waals surface area contributed by atoms with Gasteiger partial charge in [-0.25, -0.2) is 0 Å². The molecule has 6 fully saturated rings. The van der Waals surface area contributed by atoms with Crippen molar-refractivity contribution in [2.24, 2.45) is 103 Å². The van der Waals surface area contributed by atoms with Crippen LogP contribution in [0.1, 0.15) is 359 Å². The molecule has 149 heavy (non-hydrogen) atoms. The lowest BCUT2D eigenvalue weighted by atomic mass is 9.70. The molecular weight excluding hydrogens is 1880 g/mol. The standard InChI is InChI=1S/C23H38O3.C17H20O3.C16H30O2.C15H22O4.C15H22O2.C15H26O2.C13H18O3.C12H22O4/c1-5-7-8-9-10-11-12-13-20-14-16-21(17-15-20)25-18-19-26-22(24)23(3,4)6-2;1-3-13(2)17(18)20-12-11-19-16-10-6-8-14-7-4-5-9-15(14)16;1-7-16(5,6)14(17)18-13-10-8-12(9-11-13)15(2,3)4;1-4-15(2,3)14(17)19-11-12(16)10-18-13-8-6-5-7-9-13;1-3-9(2)15(16)17-14-8-10-7-13(14)12-6-4-5-11(10)12;1-6-10(2)13(16)17-12-9-11-7-8-15(12,5)14(11,3)4;1-3-11(2)13(14)16-10-9-15-12-7-5-4-6-8-12;1-4-10(3)11(13)16-8-12(5-2)6-14-9-15-7-12/h14-17H,5-13,18-19H2,1-4H3;4-10,13H,3,11-12H2,1-2H3;12-13H,7-11H2,1-6H3;5-9,12,16H,4,10-11H2,1-3H3;4-5,9-14H,3,6-8H2,1-2H3;10-12H,6-9H2,1-5H3;4-8,11H,3,9-10H2,1-2H3;10H,4-9H2,1-3H3. The number of unbranched alkanes of at least 4 members (excludes halogenated alkanes) is 6. The highest BCUT2D eigenvalue weighted by Crippen LogP contribution is 2.66. The van der Waals surface area contributed by atoms with Crippen LogP contribution in [0.25, 0.3) is 10.8 Å². The number of hydrogen-bond acceptors (Lipinski definition) is 23. The van der Waals surface area contributed by atoms with E-state index in [9.17, 15) is 43.5 Å². The molecule has 0 radical (unpaired) electrons. The fourth-order valence-electron chi connectivity index (χ4n) is 18.8. The third-order valence-corrected chi connectivity index (χ3v) is 32.8. The average Bonchev–Trinajstić information content (AvgIpc) is 1.56. The van der Waals surface area contributed by atoms with E-state index in [0.29, 0.717) is 88.6 Å². The van der Waals surface area contributed by atoms with Gasteiger partial charge in [0.1, 0.15) is 114 Å². The lowest BCUT2D eigenvalue weighted by Crippen LogP contribution is -2.41. The van der Waals surface area contributed by atoms with E-state index in [4.69, 9.17) is 66.3 Å². The summed E-state index contributed by atoms with van der Waals surface area (Å²) in [4.78, 5) is 93.8. The first-order valence-electron chi connectivity index (χ1n) is 56.9. The van der Waals surface area contributed by atoms with Crippen LogP contribution in [-0.2, 0) is 92.1 Å². The van der Waals surface area contributed by atoms with Gasteiger partial charge in [0.15, 0.2) is 0 Å². The second-order valence-corrected chi connectivity index (χ2v) is 46.3. The smallest absolute Gasteiger partial charge is 0.311 e. The topological polar surface area (TPSA) is 286 Å². The van der Waals surface area contributed by atoms with Gasteiger partial charge in [0, 0.05) is 10.8 Å². The number of carbonyl (C=O) groups excluding carboxylic acids is 8. The average molecular weight is 2080 g/mol. The summed E-state index contributed by atoms with van der Waals surface area (Å²) in [5.74, 6) is 6.76. The predicted molar refractivity (Wildman–Crippen MR) is 594 cm³/mol. The van der Waals surface area contributed by atoms with Crippen LogP contribution >= 0.6 is 0 Å². The van der Waals surface area contributed by atoms with Crippen molar-refractivity contribution in [3.05, 3.63) is 145 Å². The minimum atomic E-state index is -0.822. The van der Waals surface area contributed by atoms with E-state index in [1.165, 1.54) is 89.0 Å². The summed E-state index contributed by atoms with van der Waals surface area (Å²) >= 11 is 0. The highest BCUT2D eigenvalue weighted by atomic mass is 16.7. The number of rotatable bonds is 47. The SMILES string of the molecule is CCC(C)(C)C(=O)OC1CCC(C(C)(C)C)CC1.CCC(C)(C)C(=O)OCC(O)COc1ccccc1.CCC(C)C(=O)OC1CC2CC1C1CC=CC21.CCC(C)C(=O)OC1CC2CCC1(C)C2(C)C.CCC(C)C(=O)OCC1(CC)COCOC1.CCC(C)C(=O)OCCOc1cccc2ccccc12.CCC(C)C(=O)OCCOc1ccccc1.CCCCCCCCCc1ccc(OCCOC(=O)C(C)(C)CC)cc1. The van der Waals surface area contributed by atoms with E-state index in [1.807, 2.05) is 235 Å². The molecule has 23 nitrogen and oxygen atoms in total. The third-order valence-electron chi connectivity index (χ3n) is 32.8. The van der Waals surface area contributed by atoms with E-state index < -0.39 is 16.9 Å². The van der Waals surface area contributed by atoms with Crippen LogP contribution in [-0.4, -0.2) is 157 Å². The van der Waals surface area contributed by atoms with Crippen molar-refractivity contribution in [1.82, 2.24) is 0 Å². The monoisotopic (exact) mass is 2080 g/mol. The van der Waals surface area contributed by atoms with Crippen molar-refractivity contribution >= 4 is 58.5 Å². The molecule has 0 amide bonds. The largest absolute Gasteiger partial charge is 0.491 e. The molecule has 1 aliphatic heterocycles. The highest BCUT2D eigenvalue weighted by Gasteiger charge is 2.63. The van der Waals surface area contributed by atoms with Crippen LogP contribution in [0.15, 0.2) is 140 Å². The van der Waals surface area contributed by atoms with Crippen LogP contribution in [0, 0.1) is 103 Å². The van der Waals surface area contributed by atoms with Gasteiger partial charge in [-0.1, -0.05) is 281 Å². The number of aliphatic hydroxyl groups excluding tert-OH is 1. The zero-order valence-corrected chi connectivity index (χ0v) is 96.9. The fraction of sp³-hybridized carbons (Fsp3) is 0.698. The van der Waals surface area contributed by atoms with Gasteiger partial charge in [0.2, 0.25) is 0 Å². The molecule has 23 heteroatoms. The zero-order chi connectivity index (χ0) is 111. The Bertz CT molecular complexity index is 4650. The summed E-state index contributed by atoms with van der Waals surface area (Å²) in [6, 6.07) is 41.0. The van der Waals surface area contributed by atoms with Gasteiger partial charge in [-0.05, 0) is 276 Å². The number of benzene rings is 5. The first-order valence-corrected chi connectivity index (χ1v) is 56.9. The number of aliphatic hydroxyl groups is 1. The molecule has 4 bridgehead atoms. The number of hydrogen-bond donors (Lipinski definition) is 1. The Morgan fingerprint density at radius 2 is 0.906 bits per heavy atom. The number of fused-ring (bicyclic) bond motifs is 8. The first-order chi connectivity index (χ1) is 70.7. The zero-order valence-electron chi connectivity index (χ0n) is 96.9. The first kappa shape index (κ1) is 130. The van der Waals surface area contributed by atoms with E-state index in [0.717, 1.165) is 141 Å². The lowest BCUT2D eigenvalue weighted by molar-refractivity contribution is -0.188. The molecule has 5 aromatic rings. The second kappa shape index (κ2) is 66.8. The van der Waals surface area contributed by atoms with Crippen LogP contribution in [0.3, 0.4) is 0 Å². The molecule has 0 spiro atoms. The Morgan fingerprint density at radius 1 is 0.436 bits per heavy atom. The van der Waals surface area contributed by atoms with Crippen molar-refractivity contribution in [2.45, 2.75) is 385 Å². The summed E-state index contributed by atoms with van der Waals surface area (Å²) in [6.07, 6.45) is 34.0. The maximum absolute atomic E-state index is 12.0. The van der Waals surface area contributed by atoms with Gasteiger partial charge in [0.05, 0.1) is 64.5 Å². The molecule has 7 aliphatic rings. The van der Waals surface area contributed by atoms with Gasteiger partial charge in [-0.3, -0.25) is 38.4 Å². The van der Waals surface area contributed by atoms with E-state index in [1.54, 1.807) is 12.1 Å². The molecule has 1 saturated heterocycles. The number of para-hydroxylation sites is 2. The van der Waals surface area contributed by atoms with Gasteiger partial charge in [0.25, 0.3) is 0 Å². The van der Waals surface area contributed by atoms with E-state index in [-0.39, 0.29) is 132 Å². The molecule has 14 unspecified atom stereocenters. The maximum Gasteiger partial charge on any atom is 0.311 e. The Hall–Kier alpha value is -9.06. The highest BCUT2D eigenvalue weighted by molar-refractivity contribution is 5.88. The van der Waals surface area contributed by atoms with Crippen molar-refractivity contribution in [3.63, 3.8) is 0 Å². The molecule has 12 rings (SSSR count). The number of aryl methyl sites for hydroxylation is 1. The second-order valence-electron chi connectivity index (χ2n) is 46.3. The third kappa shape index (κ3) is 44.1. The predicted octanol–water partition coefficient (Wildman–Crippen LogP) is 28.7. The quantitative estimate of drug-likeness (QED) is 0.0164. The summed E-state index contributed by atoms with van der Waals surface area (Å²) in [7, 11) is 0. The van der Waals surface area contributed by atoms with Crippen molar-refractivity contribution < 1.29 is 110 Å². The number of esters is 8. The summed E-state index contributed by atoms with van der Waals surface area (Å²) in [6.45, 7) is 59.2. The minimum absolute atomic E-state index is 0.00192. The summed E-state index contributed by atoms with van der Waals surface area (Å²) in [5.41, 5.74) is 0.855. The molecule has 1 N–H and O–H groups in total. The maximum atomic E-state index is 12.0.